The van der Waals surface area contributed by atoms with Crippen molar-refractivity contribution in [2.45, 2.75) is 6.04 Å². The van der Waals surface area contributed by atoms with Crippen molar-refractivity contribution < 1.29 is 4.79 Å². The van der Waals surface area contributed by atoms with Crippen LogP contribution in [0.2, 0.25) is 10.0 Å². The lowest BCUT2D eigenvalue weighted by atomic mass is 10.1. The van der Waals surface area contributed by atoms with E-state index in [-0.39, 0.29) is 17.8 Å². The fraction of sp³-hybridized carbons (Fsp3) is 0.235. The molecular weight excluding hydrogens is 409 g/mol. The second-order valence-electron chi connectivity index (χ2n) is 6.43. The lowest BCUT2D eigenvalue weighted by Crippen LogP contribution is -2.57. The molecule has 1 aliphatic heterocycles. The third-order valence-electron chi connectivity index (χ3n) is 4.35. The average molecular weight is 424 g/mol. The predicted molar refractivity (Wildman–Crippen MR) is 108 cm³/mol. The number of hydrogen-bond donors (Lipinski definition) is 2. The molecule has 1 fully saturated rings. The fourth-order valence-electron chi connectivity index (χ4n) is 3.05. The van der Waals surface area contributed by atoms with E-state index >= 15 is 0 Å². The fourth-order valence-corrected chi connectivity index (χ4v) is 4.48. The summed E-state index contributed by atoms with van der Waals surface area (Å²) in [7, 11) is 1.99. The second kappa shape index (κ2) is 6.79. The summed E-state index contributed by atoms with van der Waals surface area (Å²) in [4.78, 5) is 32.4. The predicted octanol–water partition coefficient (Wildman–Crippen LogP) is 2.38. The van der Waals surface area contributed by atoms with Crippen molar-refractivity contribution in [3.63, 3.8) is 0 Å². The van der Waals surface area contributed by atoms with Gasteiger partial charge in [0.2, 0.25) is 0 Å². The van der Waals surface area contributed by atoms with Crippen molar-refractivity contribution in [2.75, 3.05) is 25.9 Å². The van der Waals surface area contributed by atoms with Gasteiger partial charge >= 0.3 is 0 Å². The minimum atomic E-state index is -0.503. The largest absolute Gasteiger partial charge is 0.379 e. The van der Waals surface area contributed by atoms with E-state index < -0.39 is 5.56 Å². The zero-order valence-corrected chi connectivity index (χ0v) is 16.5. The number of nitrogen functional groups attached to an aromatic ring is 1. The maximum atomic E-state index is 12.7. The highest BCUT2D eigenvalue weighted by Crippen LogP contribution is 2.30. The molecule has 0 radical (unpaired) electrons. The van der Waals surface area contributed by atoms with Crippen LogP contribution in [-0.4, -0.2) is 46.5 Å². The smallest absolute Gasteiger partial charge is 0.298 e. The number of thiophene rings is 1. The molecule has 0 spiro atoms. The van der Waals surface area contributed by atoms with Crippen molar-refractivity contribution in [3.05, 3.63) is 49.5 Å². The van der Waals surface area contributed by atoms with Crippen LogP contribution < -0.4 is 16.6 Å². The van der Waals surface area contributed by atoms with Gasteiger partial charge in [0.15, 0.2) is 5.82 Å². The van der Waals surface area contributed by atoms with Crippen LogP contribution in [0.15, 0.2) is 29.1 Å². The number of anilines is 1. The highest BCUT2D eigenvalue weighted by molar-refractivity contribution is 7.20. The third kappa shape index (κ3) is 3.29. The molecule has 3 N–H and O–H groups in total. The molecule has 3 heterocycles. The first-order valence-electron chi connectivity index (χ1n) is 8.10. The summed E-state index contributed by atoms with van der Waals surface area (Å²) in [6.07, 6.45) is 0. The van der Waals surface area contributed by atoms with Gasteiger partial charge in [0, 0.05) is 18.1 Å². The van der Waals surface area contributed by atoms with Crippen molar-refractivity contribution in [1.82, 2.24) is 19.8 Å². The number of halogens is 2. The van der Waals surface area contributed by atoms with Gasteiger partial charge in [-0.2, -0.15) is 0 Å². The Morgan fingerprint density at radius 3 is 2.74 bits per heavy atom. The number of carbonyl (C=O) groups excluding carboxylic acids is 1. The number of carbonyl (C=O) groups is 1. The minimum absolute atomic E-state index is 0.124. The Kier molecular flexibility index (Phi) is 4.59. The van der Waals surface area contributed by atoms with Crippen molar-refractivity contribution >= 4 is 56.6 Å². The lowest BCUT2D eigenvalue weighted by molar-refractivity contribution is 0.0862. The summed E-state index contributed by atoms with van der Waals surface area (Å²) < 4.78 is 1.36. The van der Waals surface area contributed by atoms with E-state index in [2.05, 4.69) is 15.2 Å². The molecule has 27 heavy (non-hydrogen) atoms. The van der Waals surface area contributed by atoms with E-state index in [1.807, 2.05) is 7.05 Å². The molecule has 140 valence electrons. The van der Waals surface area contributed by atoms with Crippen LogP contribution in [-0.2, 0) is 0 Å². The standard InChI is InChI=1S/C17H15Cl2N5O2S/c1-23-6-9(7-23)21-15(25)13-5-12-16(27-13)22-14(20)17(26)24(12)11-3-2-8(18)4-10(11)19/h2-5,9H,6-7H2,1H3,(H2,20,22)(H,21,25). The van der Waals surface area contributed by atoms with Crippen LogP contribution in [0.4, 0.5) is 5.82 Å². The quantitative estimate of drug-likeness (QED) is 0.674. The summed E-state index contributed by atoms with van der Waals surface area (Å²) in [5.41, 5.74) is 6.20. The zero-order valence-electron chi connectivity index (χ0n) is 14.2. The van der Waals surface area contributed by atoms with Gasteiger partial charge in [0.05, 0.1) is 27.1 Å². The molecule has 0 saturated carbocycles. The molecule has 0 aliphatic carbocycles. The lowest BCUT2D eigenvalue weighted by Gasteiger charge is -2.36. The first-order valence-corrected chi connectivity index (χ1v) is 9.67. The Morgan fingerprint density at radius 2 is 2.07 bits per heavy atom. The molecule has 2 aromatic heterocycles. The molecule has 4 rings (SSSR count). The molecule has 1 aliphatic rings. The van der Waals surface area contributed by atoms with Crippen LogP contribution in [0.5, 0.6) is 0 Å². The second-order valence-corrected chi connectivity index (χ2v) is 8.30. The molecule has 0 atom stereocenters. The number of hydrogen-bond acceptors (Lipinski definition) is 6. The third-order valence-corrected chi connectivity index (χ3v) is 5.91. The molecule has 1 amide bonds. The summed E-state index contributed by atoms with van der Waals surface area (Å²) in [5, 5.41) is 3.72. The SMILES string of the molecule is CN1CC(NC(=O)c2cc3c(nc(N)c(=O)n3-c3ccc(Cl)cc3Cl)s2)C1. The van der Waals surface area contributed by atoms with Crippen LogP contribution in [0.3, 0.4) is 0 Å². The first kappa shape index (κ1) is 18.2. The zero-order chi connectivity index (χ0) is 19.3. The molecule has 10 heteroatoms. The van der Waals surface area contributed by atoms with Gasteiger partial charge < -0.3 is 16.0 Å². The van der Waals surface area contributed by atoms with Gasteiger partial charge in [-0.25, -0.2) is 4.98 Å². The number of likely N-dealkylation sites (N-methyl/N-ethyl adjacent to an activating group) is 1. The maximum Gasteiger partial charge on any atom is 0.298 e. The Labute approximate surface area is 168 Å². The van der Waals surface area contributed by atoms with Gasteiger partial charge in [-0.15, -0.1) is 11.3 Å². The Bertz CT molecular complexity index is 1120. The number of amides is 1. The van der Waals surface area contributed by atoms with E-state index in [4.69, 9.17) is 28.9 Å². The highest BCUT2D eigenvalue weighted by atomic mass is 35.5. The molecule has 0 bridgehead atoms. The molecule has 1 aromatic carbocycles. The van der Waals surface area contributed by atoms with Crippen LogP contribution >= 0.6 is 34.5 Å². The molecule has 1 saturated heterocycles. The number of aromatic nitrogens is 2. The topological polar surface area (TPSA) is 93.2 Å². The van der Waals surface area contributed by atoms with Gasteiger partial charge in [-0.05, 0) is 31.3 Å². The summed E-state index contributed by atoms with van der Waals surface area (Å²) in [6.45, 7) is 1.62. The number of benzene rings is 1. The van der Waals surface area contributed by atoms with Gasteiger partial charge in [-0.3, -0.25) is 14.2 Å². The maximum absolute atomic E-state index is 12.7. The normalized spacial score (nSPS) is 15.1. The Morgan fingerprint density at radius 1 is 1.33 bits per heavy atom. The van der Waals surface area contributed by atoms with Gasteiger partial charge in [0.1, 0.15) is 4.83 Å². The van der Waals surface area contributed by atoms with Crippen molar-refractivity contribution in [1.29, 1.82) is 0 Å². The molecule has 0 unspecified atom stereocenters. The van der Waals surface area contributed by atoms with E-state index in [1.54, 1.807) is 24.3 Å². The van der Waals surface area contributed by atoms with Crippen LogP contribution in [0, 0.1) is 0 Å². The van der Waals surface area contributed by atoms with E-state index in [1.165, 1.54) is 15.9 Å². The number of rotatable bonds is 3. The van der Waals surface area contributed by atoms with E-state index in [0.29, 0.717) is 31.0 Å². The molecule has 3 aromatic rings. The average Bonchev–Trinajstić information content (AvgIpc) is 2.99. The molecule has 7 nitrogen and oxygen atoms in total. The highest BCUT2D eigenvalue weighted by Gasteiger charge is 2.26. The Hall–Kier alpha value is -2.13. The van der Waals surface area contributed by atoms with Gasteiger partial charge in [-0.1, -0.05) is 23.2 Å². The van der Waals surface area contributed by atoms with Crippen molar-refractivity contribution in [2.24, 2.45) is 0 Å². The number of nitrogens with two attached hydrogens (primary N) is 1. The van der Waals surface area contributed by atoms with Crippen molar-refractivity contribution in [3.8, 4) is 5.69 Å². The summed E-state index contributed by atoms with van der Waals surface area (Å²) in [6, 6.07) is 6.56. The first-order chi connectivity index (χ1) is 12.8. The Balaban J connectivity index is 1.81. The minimum Gasteiger partial charge on any atom is -0.379 e. The number of nitrogens with zero attached hydrogens (tertiary/aromatic N) is 3. The summed E-state index contributed by atoms with van der Waals surface area (Å²) in [5.74, 6) is -0.362. The van der Waals surface area contributed by atoms with Gasteiger partial charge in [0.25, 0.3) is 11.5 Å². The van der Waals surface area contributed by atoms with Crippen LogP contribution in [0.25, 0.3) is 16.0 Å². The molecular formula is C17H15Cl2N5O2S. The monoisotopic (exact) mass is 423 g/mol. The van der Waals surface area contributed by atoms with E-state index in [0.717, 1.165) is 13.1 Å². The number of likely N-dealkylation sites (tertiary alicyclic amines) is 1. The van der Waals surface area contributed by atoms with Crippen LogP contribution in [0.1, 0.15) is 9.67 Å². The number of fused-ring (bicyclic) bond motifs is 1. The number of nitrogens with one attached hydrogen (secondary N) is 1. The van der Waals surface area contributed by atoms with E-state index in [9.17, 15) is 9.59 Å². The summed E-state index contributed by atoms with van der Waals surface area (Å²) >= 11 is 13.4.